The average Bonchev–Trinajstić information content (AvgIpc) is 3.39. The Kier molecular flexibility index (Phi) is 7.12. The lowest BCUT2D eigenvalue weighted by Gasteiger charge is -2.27. The molecule has 0 saturated carbocycles. The standard InChI is InChI=1S/C27H29NO7/c1-5-33-19-11-9-17(10-12-19)23-22(25(30)27(31)28(23)13-14-34-16(2)3)24(29)21-15-18-7-6-8-20(32-4)26(18)35-21/h6-12,15-16,23,30H,5,13-14H2,1-4H3. The molecule has 184 valence electrons. The monoisotopic (exact) mass is 479 g/mol. The zero-order valence-electron chi connectivity index (χ0n) is 20.2. The second kappa shape index (κ2) is 10.2. The molecule has 2 aromatic carbocycles. The van der Waals surface area contributed by atoms with Crippen LogP contribution in [0.4, 0.5) is 0 Å². The number of ether oxygens (including phenoxy) is 3. The van der Waals surface area contributed by atoms with E-state index in [9.17, 15) is 14.7 Å². The molecule has 1 N–H and O–H groups in total. The van der Waals surface area contributed by atoms with Gasteiger partial charge in [0, 0.05) is 11.9 Å². The maximum atomic E-state index is 13.7. The van der Waals surface area contributed by atoms with Crippen molar-refractivity contribution >= 4 is 22.7 Å². The third-order valence-electron chi connectivity index (χ3n) is 5.79. The summed E-state index contributed by atoms with van der Waals surface area (Å²) in [6.07, 6.45) is -0.0233. The van der Waals surface area contributed by atoms with Gasteiger partial charge in [-0.3, -0.25) is 9.59 Å². The summed E-state index contributed by atoms with van der Waals surface area (Å²) in [4.78, 5) is 28.2. The molecule has 1 unspecified atom stereocenters. The molecule has 1 amide bonds. The van der Waals surface area contributed by atoms with Crippen LogP contribution in [0.15, 0.2) is 64.3 Å². The first kappa shape index (κ1) is 24.3. The topological polar surface area (TPSA) is 98.4 Å². The molecular weight excluding hydrogens is 450 g/mol. The lowest BCUT2D eigenvalue weighted by molar-refractivity contribution is -0.130. The predicted molar refractivity (Wildman–Crippen MR) is 130 cm³/mol. The van der Waals surface area contributed by atoms with Crippen LogP contribution in [0.1, 0.15) is 42.9 Å². The fraction of sp³-hybridized carbons (Fsp3) is 0.333. The van der Waals surface area contributed by atoms with Crippen LogP contribution in [0.25, 0.3) is 11.0 Å². The van der Waals surface area contributed by atoms with Crippen molar-refractivity contribution in [3.63, 3.8) is 0 Å². The highest BCUT2D eigenvalue weighted by atomic mass is 16.5. The van der Waals surface area contributed by atoms with Crippen molar-refractivity contribution in [1.29, 1.82) is 0 Å². The van der Waals surface area contributed by atoms with Gasteiger partial charge in [-0.25, -0.2) is 0 Å². The van der Waals surface area contributed by atoms with E-state index in [0.717, 1.165) is 0 Å². The SMILES string of the molecule is CCOc1ccc(C2C(C(=O)c3cc4cccc(OC)c4o3)=C(O)C(=O)N2CCOC(C)C)cc1. The zero-order valence-corrected chi connectivity index (χ0v) is 20.2. The quantitative estimate of drug-likeness (QED) is 0.415. The Balaban J connectivity index is 1.74. The molecule has 0 spiro atoms. The number of hydrogen-bond donors (Lipinski definition) is 1. The summed E-state index contributed by atoms with van der Waals surface area (Å²) in [6.45, 7) is 6.66. The Morgan fingerprint density at radius 1 is 1.17 bits per heavy atom. The van der Waals surface area contributed by atoms with Crippen LogP contribution in [0.3, 0.4) is 0 Å². The number of amides is 1. The molecule has 0 radical (unpaired) electrons. The highest BCUT2D eigenvalue weighted by molar-refractivity contribution is 6.16. The van der Waals surface area contributed by atoms with Gasteiger partial charge in [-0.05, 0) is 50.6 Å². The minimum Gasteiger partial charge on any atom is -0.503 e. The molecule has 1 aliphatic rings. The molecular formula is C27H29NO7. The summed E-state index contributed by atoms with van der Waals surface area (Å²) in [6, 6.07) is 13.2. The van der Waals surface area contributed by atoms with Crippen molar-refractivity contribution in [3.8, 4) is 11.5 Å². The van der Waals surface area contributed by atoms with Crippen LogP contribution in [-0.2, 0) is 9.53 Å². The summed E-state index contributed by atoms with van der Waals surface area (Å²) in [5, 5.41) is 11.5. The van der Waals surface area contributed by atoms with Gasteiger partial charge in [0.1, 0.15) is 5.75 Å². The van der Waals surface area contributed by atoms with E-state index in [-0.39, 0.29) is 30.6 Å². The minimum absolute atomic E-state index is 0.00932. The largest absolute Gasteiger partial charge is 0.503 e. The highest BCUT2D eigenvalue weighted by Gasteiger charge is 2.44. The van der Waals surface area contributed by atoms with Gasteiger partial charge in [-0.1, -0.05) is 24.3 Å². The number of hydrogen-bond acceptors (Lipinski definition) is 7. The summed E-state index contributed by atoms with van der Waals surface area (Å²) < 4.78 is 22.3. The Labute approximate surface area is 203 Å². The molecule has 0 fully saturated rings. The molecule has 2 heterocycles. The van der Waals surface area contributed by atoms with E-state index in [4.69, 9.17) is 18.6 Å². The molecule has 4 rings (SSSR count). The molecule has 1 aromatic heterocycles. The maximum Gasteiger partial charge on any atom is 0.290 e. The van der Waals surface area contributed by atoms with Crippen LogP contribution in [0, 0.1) is 0 Å². The fourth-order valence-electron chi connectivity index (χ4n) is 4.20. The van der Waals surface area contributed by atoms with Gasteiger partial charge in [0.25, 0.3) is 5.91 Å². The van der Waals surface area contributed by atoms with Gasteiger partial charge in [-0.15, -0.1) is 0 Å². The van der Waals surface area contributed by atoms with E-state index in [1.807, 2.05) is 20.8 Å². The Hall–Kier alpha value is -3.78. The number of nitrogens with zero attached hydrogens (tertiary/aromatic N) is 1. The van der Waals surface area contributed by atoms with Crippen LogP contribution >= 0.6 is 0 Å². The third kappa shape index (κ3) is 4.74. The molecule has 3 aromatic rings. The third-order valence-corrected chi connectivity index (χ3v) is 5.79. The Morgan fingerprint density at radius 2 is 1.91 bits per heavy atom. The van der Waals surface area contributed by atoms with Gasteiger partial charge >= 0.3 is 0 Å². The lowest BCUT2D eigenvalue weighted by atomic mass is 9.95. The summed E-state index contributed by atoms with van der Waals surface area (Å²) in [7, 11) is 1.52. The first-order chi connectivity index (χ1) is 16.8. The highest BCUT2D eigenvalue weighted by Crippen LogP contribution is 2.40. The lowest BCUT2D eigenvalue weighted by Crippen LogP contribution is -2.34. The minimum atomic E-state index is -0.809. The number of benzene rings is 2. The number of rotatable bonds is 10. The number of furan rings is 1. The van der Waals surface area contributed by atoms with Gasteiger partial charge in [0.2, 0.25) is 5.78 Å². The zero-order chi connectivity index (χ0) is 25.1. The van der Waals surface area contributed by atoms with Crippen molar-refractivity contribution in [2.75, 3.05) is 26.9 Å². The van der Waals surface area contributed by atoms with Gasteiger partial charge < -0.3 is 28.6 Å². The smallest absolute Gasteiger partial charge is 0.290 e. The molecule has 0 saturated heterocycles. The number of carbonyl (C=O) groups excluding carboxylic acids is 2. The number of para-hydroxylation sites is 1. The second-order valence-electron chi connectivity index (χ2n) is 8.40. The first-order valence-corrected chi connectivity index (χ1v) is 11.5. The number of fused-ring (bicyclic) bond motifs is 1. The van der Waals surface area contributed by atoms with Gasteiger partial charge in [0.15, 0.2) is 22.9 Å². The second-order valence-corrected chi connectivity index (χ2v) is 8.40. The van der Waals surface area contributed by atoms with E-state index in [2.05, 4.69) is 0 Å². The molecule has 8 nitrogen and oxygen atoms in total. The van der Waals surface area contributed by atoms with Crippen molar-refractivity contribution < 1.29 is 33.3 Å². The van der Waals surface area contributed by atoms with Gasteiger partial charge in [0.05, 0.1) is 38.0 Å². The Morgan fingerprint density at radius 3 is 2.57 bits per heavy atom. The number of Topliss-reactive ketones (excluding diaryl/α,β-unsaturated/α-hetero) is 1. The van der Waals surface area contributed by atoms with Crippen molar-refractivity contribution in [1.82, 2.24) is 4.90 Å². The fourth-order valence-corrected chi connectivity index (χ4v) is 4.20. The van der Waals surface area contributed by atoms with Crippen LogP contribution in [-0.4, -0.2) is 54.7 Å². The number of aliphatic hydroxyl groups excluding tert-OH is 1. The number of carbonyl (C=O) groups is 2. The van der Waals surface area contributed by atoms with E-state index in [0.29, 0.717) is 34.6 Å². The van der Waals surface area contributed by atoms with E-state index in [1.165, 1.54) is 12.0 Å². The van der Waals surface area contributed by atoms with Crippen molar-refractivity contribution in [2.24, 2.45) is 0 Å². The molecule has 8 heteroatoms. The number of methoxy groups -OCH3 is 1. The summed E-state index contributed by atoms with van der Waals surface area (Å²) in [5.74, 6) is -0.632. The molecule has 1 atom stereocenters. The average molecular weight is 480 g/mol. The van der Waals surface area contributed by atoms with Crippen molar-refractivity contribution in [2.45, 2.75) is 32.9 Å². The van der Waals surface area contributed by atoms with Crippen LogP contribution in [0.2, 0.25) is 0 Å². The summed E-state index contributed by atoms with van der Waals surface area (Å²) in [5.41, 5.74) is 1.04. The molecule has 0 bridgehead atoms. The van der Waals surface area contributed by atoms with Crippen molar-refractivity contribution in [3.05, 3.63) is 71.2 Å². The van der Waals surface area contributed by atoms with E-state index >= 15 is 0 Å². The van der Waals surface area contributed by atoms with E-state index < -0.39 is 23.5 Å². The maximum absolute atomic E-state index is 13.7. The number of aliphatic hydroxyl groups is 1. The summed E-state index contributed by atoms with van der Waals surface area (Å²) >= 11 is 0. The van der Waals surface area contributed by atoms with E-state index in [1.54, 1.807) is 48.5 Å². The predicted octanol–water partition coefficient (Wildman–Crippen LogP) is 4.84. The van der Waals surface area contributed by atoms with Crippen LogP contribution < -0.4 is 9.47 Å². The van der Waals surface area contributed by atoms with Crippen LogP contribution in [0.5, 0.6) is 11.5 Å². The molecule has 35 heavy (non-hydrogen) atoms. The number of ketones is 1. The molecule has 1 aliphatic heterocycles. The normalized spacial score (nSPS) is 16.0. The Bertz CT molecular complexity index is 1260. The van der Waals surface area contributed by atoms with Gasteiger partial charge in [-0.2, -0.15) is 0 Å². The molecule has 0 aliphatic carbocycles. The first-order valence-electron chi connectivity index (χ1n) is 11.5.